The maximum absolute atomic E-state index is 12.0. The molecule has 0 aliphatic carbocycles. The monoisotopic (exact) mass is 272 g/mol. The molecule has 2 aromatic rings. The molecule has 0 saturated carbocycles. The Morgan fingerprint density at radius 2 is 1.79 bits per heavy atom. The van der Waals surface area contributed by atoms with E-state index in [1.807, 2.05) is 19.1 Å². The Labute approximate surface area is 116 Å². The number of allylic oxidation sites excluding steroid dienone is 2. The Morgan fingerprint density at radius 3 is 2.42 bits per heavy atom. The lowest BCUT2D eigenvalue weighted by Gasteiger charge is -2.05. The molecule has 1 N–H and O–H groups in total. The van der Waals surface area contributed by atoms with Gasteiger partial charge in [-0.25, -0.2) is 0 Å². The standard InChI is InChI=1S/C15H13ClN2O/c1-11(18-14-6-8-17-9-7-14)10-15(19)12-2-4-13(16)5-3-12/h2-10H,1H3,(H,17,18)/b11-10+. The van der Waals surface area contributed by atoms with Crippen molar-refractivity contribution in [3.8, 4) is 0 Å². The van der Waals surface area contributed by atoms with E-state index in [2.05, 4.69) is 10.3 Å². The molecule has 0 aliphatic rings. The number of benzene rings is 1. The summed E-state index contributed by atoms with van der Waals surface area (Å²) in [5.41, 5.74) is 2.28. The second-order valence-corrected chi connectivity index (χ2v) is 4.50. The van der Waals surface area contributed by atoms with E-state index < -0.39 is 0 Å². The van der Waals surface area contributed by atoms with E-state index in [0.29, 0.717) is 10.6 Å². The summed E-state index contributed by atoms with van der Waals surface area (Å²) >= 11 is 5.78. The molecule has 3 nitrogen and oxygen atoms in total. The van der Waals surface area contributed by atoms with Crippen molar-refractivity contribution < 1.29 is 4.79 Å². The van der Waals surface area contributed by atoms with Gasteiger partial charge in [-0.1, -0.05) is 11.6 Å². The van der Waals surface area contributed by atoms with Crippen LogP contribution in [0.3, 0.4) is 0 Å². The van der Waals surface area contributed by atoms with Crippen molar-refractivity contribution >= 4 is 23.1 Å². The first-order valence-electron chi connectivity index (χ1n) is 5.80. The third kappa shape index (κ3) is 3.93. The summed E-state index contributed by atoms with van der Waals surface area (Å²) in [6, 6.07) is 10.5. The van der Waals surface area contributed by atoms with Gasteiger partial charge in [-0.05, 0) is 43.3 Å². The molecule has 19 heavy (non-hydrogen) atoms. The summed E-state index contributed by atoms with van der Waals surface area (Å²) in [7, 11) is 0. The number of rotatable bonds is 4. The van der Waals surface area contributed by atoms with Crippen LogP contribution in [0.15, 0.2) is 60.6 Å². The lowest BCUT2D eigenvalue weighted by atomic mass is 10.1. The van der Waals surface area contributed by atoms with Gasteiger partial charge in [-0.15, -0.1) is 0 Å². The second kappa shape index (κ2) is 6.16. The molecule has 0 atom stereocenters. The van der Waals surface area contributed by atoms with E-state index in [9.17, 15) is 4.79 Å². The molecule has 0 unspecified atom stereocenters. The fourth-order valence-electron chi connectivity index (χ4n) is 1.59. The Bertz CT molecular complexity index is 591. The first kappa shape index (κ1) is 13.3. The highest BCUT2D eigenvalue weighted by molar-refractivity contribution is 6.30. The minimum atomic E-state index is -0.0595. The fourth-order valence-corrected chi connectivity index (χ4v) is 1.72. The van der Waals surface area contributed by atoms with Crippen molar-refractivity contribution in [2.45, 2.75) is 6.92 Å². The van der Waals surface area contributed by atoms with Gasteiger partial charge in [-0.2, -0.15) is 0 Å². The zero-order valence-corrected chi connectivity index (χ0v) is 11.2. The van der Waals surface area contributed by atoms with E-state index in [-0.39, 0.29) is 5.78 Å². The number of aromatic nitrogens is 1. The minimum absolute atomic E-state index is 0.0595. The van der Waals surface area contributed by atoms with Gasteiger partial charge in [-0.3, -0.25) is 9.78 Å². The van der Waals surface area contributed by atoms with Gasteiger partial charge in [0.05, 0.1) is 0 Å². The highest BCUT2D eigenvalue weighted by atomic mass is 35.5. The van der Waals surface area contributed by atoms with Crippen LogP contribution >= 0.6 is 11.6 Å². The Hall–Kier alpha value is -2.13. The number of hydrogen-bond donors (Lipinski definition) is 1. The number of halogens is 1. The smallest absolute Gasteiger partial charge is 0.187 e. The number of nitrogens with zero attached hydrogens (tertiary/aromatic N) is 1. The van der Waals surface area contributed by atoms with E-state index in [1.165, 1.54) is 0 Å². The van der Waals surface area contributed by atoms with E-state index in [1.54, 1.807) is 42.7 Å². The number of carbonyl (C=O) groups excluding carboxylic acids is 1. The highest BCUT2D eigenvalue weighted by Crippen LogP contribution is 2.12. The van der Waals surface area contributed by atoms with E-state index in [4.69, 9.17) is 11.6 Å². The molecular weight excluding hydrogens is 260 g/mol. The molecule has 0 spiro atoms. The van der Waals surface area contributed by atoms with Gasteiger partial charge in [0, 0.05) is 40.4 Å². The van der Waals surface area contributed by atoms with Crippen molar-refractivity contribution in [3.05, 3.63) is 71.2 Å². The molecule has 0 fully saturated rings. The molecular formula is C15H13ClN2O. The predicted octanol–water partition coefficient (Wildman–Crippen LogP) is 3.93. The SMILES string of the molecule is C/C(=C\C(=O)c1ccc(Cl)cc1)Nc1ccncc1. The van der Waals surface area contributed by atoms with Gasteiger partial charge < -0.3 is 5.32 Å². The van der Waals surface area contributed by atoms with Gasteiger partial charge in [0.1, 0.15) is 0 Å². The van der Waals surface area contributed by atoms with Crippen molar-refractivity contribution in [2.24, 2.45) is 0 Å². The van der Waals surface area contributed by atoms with Gasteiger partial charge >= 0.3 is 0 Å². The van der Waals surface area contributed by atoms with Crippen LogP contribution in [0.1, 0.15) is 17.3 Å². The maximum atomic E-state index is 12.0. The van der Waals surface area contributed by atoms with Crippen LogP contribution in [0.5, 0.6) is 0 Å². The molecule has 4 heteroatoms. The number of anilines is 1. The maximum Gasteiger partial charge on any atom is 0.187 e. The number of hydrogen-bond acceptors (Lipinski definition) is 3. The van der Waals surface area contributed by atoms with Crippen molar-refractivity contribution in [2.75, 3.05) is 5.32 Å². The Balaban J connectivity index is 2.08. The summed E-state index contributed by atoms with van der Waals surface area (Å²) in [6.45, 7) is 1.84. The quantitative estimate of drug-likeness (QED) is 0.677. The third-order valence-electron chi connectivity index (χ3n) is 2.50. The zero-order chi connectivity index (χ0) is 13.7. The second-order valence-electron chi connectivity index (χ2n) is 4.06. The summed E-state index contributed by atoms with van der Waals surface area (Å²) < 4.78 is 0. The van der Waals surface area contributed by atoms with Crippen LogP contribution in [-0.4, -0.2) is 10.8 Å². The fraction of sp³-hybridized carbons (Fsp3) is 0.0667. The van der Waals surface area contributed by atoms with Crippen molar-refractivity contribution in [1.29, 1.82) is 0 Å². The molecule has 96 valence electrons. The van der Waals surface area contributed by atoms with Crippen LogP contribution in [-0.2, 0) is 0 Å². The van der Waals surface area contributed by atoms with E-state index in [0.717, 1.165) is 11.4 Å². The van der Waals surface area contributed by atoms with Crippen molar-refractivity contribution in [3.63, 3.8) is 0 Å². The number of carbonyl (C=O) groups is 1. The van der Waals surface area contributed by atoms with Crippen LogP contribution in [0, 0.1) is 0 Å². The number of ketones is 1. The summed E-state index contributed by atoms with van der Waals surface area (Å²) in [5.74, 6) is -0.0595. The summed E-state index contributed by atoms with van der Waals surface area (Å²) in [4.78, 5) is 15.9. The molecule has 1 aromatic carbocycles. The average Bonchev–Trinajstić information content (AvgIpc) is 2.40. The molecule has 0 aliphatic heterocycles. The lowest BCUT2D eigenvalue weighted by Crippen LogP contribution is -2.01. The molecule has 0 radical (unpaired) electrons. The molecule has 0 bridgehead atoms. The highest BCUT2D eigenvalue weighted by Gasteiger charge is 2.03. The molecule has 2 rings (SSSR count). The first-order chi connectivity index (χ1) is 9.15. The van der Waals surface area contributed by atoms with Gasteiger partial charge in [0.15, 0.2) is 5.78 Å². The Kier molecular flexibility index (Phi) is 4.31. The van der Waals surface area contributed by atoms with E-state index >= 15 is 0 Å². The first-order valence-corrected chi connectivity index (χ1v) is 6.18. The summed E-state index contributed by atoms with van der Waals surface area (Å²) in [5, 5.41) is 3.75. The summed E-state index contributed by atoms with van der Waals surface area (Å²) in [6.07, 6.45) is 4.94. The van der Waals surface area contributed by atoms with Crippen molar-refractivity contribution in [1.82, 2.24) is 4.98 Å². The largest absolute Gasteiger partial charge is 0.359 e. The zero-order valence-electron chi connectivity index (χ0n) is 10.4. The topological polar surface area (TPSA) is 42.0 Å². The number of nitrogens with one attached hydrogen (secondary N) is 1. The van der Waals surface area contributed by atoms with Crippen LogP contribution < -0.4 is 5.32 Å². The third-order valence-corrected chi connectivity index (χ3v) is 2.75. The van der Waals surface area contributed by atoms with Crippen LogP contribution in [0.25, 0.3) is 0 Å². The normalized spacial score (nSPS) is 11.2. The Morgan fingerprint density at radius 1 is 1.16 bits per heavy atom. The molecule has 1 heterocycles. The van der Waals surface area contributed by atoms with Crippen LogP contribution in [0.4, 0.5) is 5.69 Å². The van der Waals surface area contributed by atoms with Gasteiger partial charge in [0.2, 0.25) is 0 Å². The molecule has 0 saturated heterocycles. The van der Waals surface area contributed by atoms with Crippen LogP contribution in [0.2, 0.25) is 5.02 Å². The number of pyridine rings is 1. The average molecular weight is 273 g/mol. The van der Waals surface area contributed by atoms with Gasteiger partial charge in [0.25, 0.3) is 0 Å². The predicted molar refractivity (Wildman–Crippen MR) is 77.4 cm³/mol. The lowest BCUT2D eigenvalue weighted by molar-refractivity contribution is 0.104. The minimum Gasteiger partial charge on any atom is -0.359 e. The molecule has 1 aromatic heterocycles. The molecule has 0 amide bonds.